The number of Topliss-reactive ketones (excluding diaryl/α,β-unsaturated/α-hetero) is 1. The summed E-state index contributed by atoms with van der Waals surface area (Å²) < 4.78 is 0. The Bertz CT molecular complexity index is 327. The van der Waals surface area contributed by atoms with E-state index in [4.69, 9.17) is 0 Å². The maximum Gasteiger partial charge on any atom is 0.149 e. The van der Waals surface area contributed by atoms with Crippen LogP contribution in [0.5, 0.6) is 0 Å². The molecule has 0 heterocycles. The summed E-state index contributed by atoms with van der Waals surface area (Å²) in [6.45, 7) is 2.46. The lowest BCUT2D eigenvalue weighted by Gasteiger charge is -2.13. The second kappa shape index (κ2) is 3.54. The molecule has 2 rings (SSSR count). The SMILES string of the molecule is CC(=O)C1(NCc2ccccc2)CC1. The van der Waals surface area contributed by atoms with Crippen LogP contribution in [0.2, 0.25) is 0 Å². The van der Waals surface area contributed by atoms with E-state index < -0.39 is 0 Å². The van der Waals surface area contributed by atoms with E-state index in [0.29, 0.717) is 0 Å². The molecule has 0 atom stereocenters. The van der Waals surface area contributed by atoms with Gasteiger partial charge in [-0.25, -0.2) is 0 Å². The van der Waals surface area contributed by atoms with Crippen molar-refractivity contribution in [1.29, 1.82) is 0 Å². The van der Waals surface area contributed by atoms with E-state index in [-0.39, 0.29) is 11.3 Å². The van der Waals surface area contributed by atoms with Crippen LogP contribution in [-0.2, 0) is 11.3 Å². The monoisotopic (exact) mass is 189 g/mol. The first kappa shape index (κ1) is 9.41. The molecule has 0 aliphatic heterocycles. The number of carbonyl (C=O) groups excluding carboxylic acids is 1. The first-order valence-corrected chi connectivity index (χ1v) is 5.03. The van der Waals surface area contributed by atoms with Crippen molar-refractivity contribution in [2.75, 3.05) is 0 Å². The van der Waals surface area contributed by atoms with Crippen LogP contribution < -0.4 is 5.32 Å². The normalized spacial score (nSPS) is 17.8. The van der Waals surface area contributed by atoms with Gasteiger partial charge in [0.15, 0.2) is 0 Å². The molecule has 0 amide bonds. The Balaban J connectivity index is 1.92. The van der Waals surface area contributed by atoms with Crippen LogP contribution in [0.1, 0.15) is 25.3 Å². The minimum Gasteiger partial charge on any atom is -0.301 e. The second-order valence-electron chi connectivity index (χ2n) is 3.98. The molecular weight excluding hydrogens is 174 g/mol. The Labute approximate surface area is 84.3 Å². The molecule has 0 saturated heterocycles. The molecule has 1 aliphatic carbocycles. The van der Waals surface area contributed by atoms with Crippen molar-refractivity contribution in [3.8, 4) is 0 Å². The highest BCUT2D eigenvalue weighted by atomic mass is 16.1. The van der Waals surface area contributed by atoms with E-state index in [1.54, 1.807) is 6.92 Å². The van der Waals surface area contributed by atoms with Crippen LogP contribution in [0, 0.1) is 0 Å². The van der Waals surface area contributed by atoms with Crippen LogP contribution in [0.4, 0.5) is 0 Å². The van der Waals surface area contributed by atoms with E-state index in [0.717, 1.165) is 19.4 Å². The van der Waals surface area contributed by atoms with Crippen LogP contribution in [0.25, 0.3) is 0 Å². The molecule has 0 radical (unpaired) electrons. The average Bonchev–Trinajstić information content (AvgIpc) is 2.97. The van der Waals surface area contributed by atoms with E-state index in [2.05, 4.69) is 17.4 Å². The zero-order valence-electron chi connectivity index (χ0n) is 8.42. The largest absolute Gasteiger partial charge is 0.301 e. The molecule has 0 unspecified atom stereocenters. The maximum absolute atomic E-state index is 11.3. The molecular formula is C12H15NO. The molecule has 1 aromatic carbocycles. The molecule has 0 bridgehead atoms. The number of hydrogen-bond donors (Lipinski definition) is 1. The van der Waals surface area contributed by atoms with E-state index in [9.17, 15) is 4.79 Å². The summed E-state index contributed by atoms with van der Waals surface area (Å²) in [5.41, 5.74) is 1.05. The van der Waals surface area contributed by atoms with Gasteiger partial charge >= 0.3 is 0 Å². The van der Waals surface area contributed by atoms with Crippen LogP contribution in [0.3, 0.4) is 0 Å². The Hall–Kier alpha value is -1.15. The average molecular weight is 189 g/mol. The molecule has 1 fully saturated rings. The predicted molar refractivity (Wildman–Crippen MR) is 55.9 cm³/mol. The molecule has 1 aromatic rings. The van der Waals surface area contributed by atoms with E-state index in [1.807, 2.05) is 18.2 Å². The summed E-state index contributed by atoms with van der Waals surface area (Å²) in [7, 11) is 0. The molecule has 1 aliphatic rings. The van der Waals surface area contributed by atoms with Crippen LogP contribution >= 0.6 is 0 Å². The molecule has 1 N–H and O–H groups in total. The first-order valence-electron chi connectivity index (χ1n) is 5.03. The Morgan fingerprint density at radius 3 is 2.50 bits per heavy atom. The van der Waals surface area contributed by atoms with Gasteiger partial charge in [0.1, 0.15) is 5.78 Å². The van der Waals surface area contributed by atoms with Gasteiger partial charge in [0.25, 0.3) is 0 Å². The van der Waals surface area contributed by atoms with Crippen molar-refractivity contribution >= 4 is 5.78 Å². The fourth-order valence-electron chi connectivity index (χ4n) is 1.65. The smallest absolute Gasteiger partial charge is 0.149 e. The number of hydrogen-bond acceptors (Lipinski definition) is 2. The number of rotatable bonds is 4. The Morgan fingerprint density at radius 1 is 1.36 bits per heavy atom. The Kier molecular flexibility index (Phi) is 2.38. The van der Waals surface area contributed by atoms with Gasteiger partial charge in [0.05, 0.1) is 5.54 Å². The highest BCUT2D eigenvalue weighted by Gasteiger charge is 2.46. The summed E-state index contributed by atoms with van der Waals surface area (Å²) in [5, 5.41) is 3.34. The second-order valence-corrected chi connectivity index (χ2v) is 3.98. The predicted octanol–water partition coefficient (Wildman–Crippen LogP) is 1.90. The van der Waals surface area contributed by atoms with Gasteiger partial charge in [-0.05, 0) is 25.3 Å². The standard InChI is InChI=1S/C12H15NO/c1-10(14)12(7-8-12)13-9-11-5-3-2-4-6-11/h2-6,13H,7-9H2,1H3. The summed E-state index contributed by atoms with van der Waals surface area (Å²) in [5.74, 6) is 0.272. The van der Waals surface area contributed by atoms with Gasteiger partial charge < -0.3 is 5.32 Å². The maximum atomic E-state index is 11.3. The fraction of sp³-hybridized carbons (Fsp3) is 0.417. The minimum absolute atomic E-state index is 0.185. The highest BCUT2D eigenvalue weighted by Crippen LogP contribution is 2.36. The molecule has 2 heteroatoms. The number of benzene rings is 1. The summed E-state index contributed by atoms with van der Waals surface area (Å²) in [6, 6.07) is 10.2. The van der Waals surface area contributed by atoms with Crippen molar-refractivity contribution in [2.45, 2.75) is 31.8 Å². The highest BCUT2D eigenvalue weighted by molar-refractivity contribution is 5.89. The minimum atomic E-state index is -0.185. The molecule has 2 nitrogen and oxygen atoms in total. The van der Waals surface area contributed by atoms with Crippen molar-refractivity contribution < 1.29 is 4.79 Å². The van der Waals surface area contributed by atoms with E-state index >= 15 is 0 Å². The van der Waals surface area contributed by atoms with Gasteiger partial charge in [-0.2, -0.15) is 0 Å². The van der Waals surface area contributed by atoms with Gasteiger partial charge in [-0.3, -0.25) is 4.79 Å². The van der Waals surface area contributed by atoms with Crippen molar-refractivity contribution in [3.63, 3.8) is 0 Å². The van der Waals surface area contributed by atoms with Crippen molar-refractivity contribution in [2.24, 2.45) is 0 Å². The van der Waals surface area contributed by atoms with Gasteiger partial charge in [0, 0.05) is 6.54 Å². The Morgan fingerprint density at radius 2 is 2.00 bits per heavy atom. The van der Waals surface area contributed by atoms with Crippen LogP contribution in [0.15, 0.2) is 30.3 Å². The zero-order valence-corrected chi connectivity index (χ0v) is 8.42. The quantitative estimate of drug-likeness (QED) is 0.783. The molecule has 1 saturated carbocycles. The van der Waals surface area contributed by atoms with Crippen molar-refractivity contribution in [1.82, 2.24) is 5.32 Å². The van der Waals surface area contributed by atoms with Crippen molar-refractivity contribution in [3.05, 3.63) is 35.9 Å². The lowest BCUT2D eigenvalue weighted by Crippen LogP contribution is -2.37. The summed E-state index contributed by atoms with van der Waals surface area (Å²) >= 11 is 0. The topological polar surface area (TPSA) is 29.1 Å². The lowest BCUT2D eigenvalue weighted by atomic mass is 10.1. The first-order chi connectivity index (χ1) is 6.73. The molecule has 0 spiro atoms. The third-order valence-corrected chi connectivity index (χ3v) is 2.90. The zero-order chi connectivity index (χ0) is 10.0. The van der Waals surface area contributed by atoms with E-state index in [1.165, 1.54) is 5.56 Å². The third kappa shape index (κ3) is 1.85. The molecule has 14 heavy (non-hydrogen) atoms. The number of carbonyl (C=O) groups is 1. The molecule has 74 valence electrons. The summed E-state index contributed by atoms with van der Waals surface area (Å²) in [6.07, 6.45) is 1.99. The van der Waals surface area contributed by atoms with Crippen LogP contribution in [-0.4, -0.2) is 11.3 Å². The van der Waals surface area contributed by atoms with Gasteiger partial charge in [-0.1, -0.05) is 30.3 Å². The fourth-order valence-corrected chi connectivity index (χ4v) is 1.65. The van der Waals surface area contributed by atoms with Gasteiger partial charge in [-0.15, -0.1) is 0 Å². The summed E-state index contributed by atoms with van der Waals surface area (Å²) in [4.78, 5) is 11.3. The third-order valence-electron chi connectivity index (χ3n) is 2.90. The van der Waals surface area contributed by atoms with Gasteiger partial charge in [0.2, 0.25) is 0 Å². The number of ketones is 1. The number of nitrogens with one attached hydrogen (secondary N) is 1. The lowest BCUT2D eigenvalue weighted by molar-refractivity contribution is -0.120. The molecule has 0 aromatic heterocycles.